The van der Waals surface area contributed by atoms with Crippen molar-refractivity contribution in [3.05, 3.63) is 30.1 Å². The highest BCUT2D eigenvalue weighted by atomic mass is 19.1. The summed E-state index contributed by atoms with van der Waals surface area (Å²) in [5, 5.41) is 7.33. The van der Waals surface area contributed by atoms with Crippen LogP contribution in [0.25, 0.3) is 0 Å². The van der Waals surface area contributed by atoms with Gasteiger partial charge in [0.1, 0.15) is 11.5 Å². The summed E-state index contributed by atoms with van der Waals surface area (Å²) in [7, 11) is 1.44. The molecule has 0 radical (unpaired) electrons. The molecule has 1 N–H and O–H groups in total. The van der Waals surface area contributed by atoms with Gasteiger partial charge in [-0.3, -0.25) is 9.59 Å². The molecule has 1 aromatic rings. The Kier molecular flexibility index (Phi) is 5.05. The van der Waals surface area contributed by atoms with Crippen molar-refractivity contribution in [3.8, 4) is 0 Å². The fraction of sp³-hybridized carbons (Fsp3) is 0.333. The number of hydrazone groups is 1. The third-order valence-corrected chi connectivity index (χ3v) is 3.19. The van der Waals surface area contributed by atoms with E-state index < -0.39 is 23.8 Å². The Morgan fingerprint density at radius 1 is 1.39 bits per heavy atom. The van der Waals surface area contributed by atoms with E-state index in [1.807, 2.05) is 0 Å². The summed E-state index contributed by atoms with van der Waals surface area (Å²) in [5.74, 6) is -2.04. The van der Waals surface area contributed by atoms with E-state index in [4.69, 9.17) is 4.74 Å². The van der Waals surface area contributed by atoms with E-state index in [0.717, 1.165) is 11.1 Å². The molecule has 2 amide bonds. The van der Waals surface area contributed by atoms with Crippen LogP contribution in [0.1, 0.15) is 19.8 Å². The first-order chi connectivity index (χ1) is 10.9. The van der Waals surface area contributed by atoms with E-state index in [1.165, 1.54) is 32.2 Å². The number of nitrogens with one attached hydrogen (secondary N) is 1. The lowest BCUT2D eigenvalue weighted by molar-refractivity contribution is -0.146. The molecule has 122 valence electrons. The lowest BCUT2D eigenvalue weighted by Gasteiger charge is -2.20. The number of carbonyl (C=O) groups is 3. The van der Waals surface area contributed by atoms with Gasteiger partial charge in [0, 0.05) is 25.6 Å². The van der Waals surface area contributed by atoms with Gasteiger partial charge in [-0.1, -0.05) is 6.07 Å². The van der Waals surface area contributed by atoms with Crippen molar-refractivity contribution < 1.29 is 23.5 Å². The molecule has 23 heavy (non-hydrogen) atoms. The Hall–Kier alpha value is -2.77. The Morgan fingerprint density at radius 2 is 2.13 bits per heavy atom. The highest BCUT2D eigenvalue weighted by Crippen LogP contribution is 2.12. The quantitative estimate of drug-likeness (QED) is 0.847. The van der Waals surface area contributed by atoms with Crippen molar-refractivity contribution in [1.29, 1.82) is 0 Å². The predicted molar refractivity (Wildman–Crippen MR) is 80.0 cm³/mol. The van der Waals surface area contributed by atoms with Crippen LogP contribution in [0.4, 0.5) is 10.1 Å². The van der Waals surface area contributed by atoms with Crippen LogP contribution in [-0.2, 0) is 19.1 Å². The molecule has 0 aromatic heterocycles. The van der Waals surface area contributed by atoms with Crippen molar-refractivity contribution in [2.75, 3.05) is 12.4 Å². The molecule has 1 unspecified atom stereocenters. The number of anilines is 1. The molecule has 0 aliphatic carbocycles. The van der Waals surface area contributed by atoms with Crippen molar-refractivity contribution in [1.82, 2.24) is 5.01 Å². The van der Waals surface area contributed by atoms with E-state index in [1.54, 1.807) is 0 Å². The molecule has 1 atom stereocenters. The highest BCUT2D eigenvalue weighted by molar-refractivity contribution is 6.37. The Bertz CT molecular complexity index is 674. The minimum Gasteiger partial charge on any atom is -0.448 e. The van der Waals surface area contributed by atoms with Crippen molar-refractivity contribution in [3.63, 3.8) is 0 Å². The van der Waals surface area contributed by atoms with Crippen LogP contribution in [0.2, 0.25) is 0 Å². The van der Waals surface area contributed by atoms with Crippen LogP contribution < -0.4 is 5.32 Å². The average molecular weight is 321 g/mol. The zero-order chi connectivity index (χ0) is 17.0. The van der Waals surface area contributed by atoms with Crippen LogP contribution in [0.3, 0.4) is 0 Å². The second-order valence-corrected chi connectivity index (χ2v) is 5.01. The van der Waals surface area contributed by atoms with E-state index in [2.05, 4.69) is 10.4 Å². The number of rotatable bonds is 4. The molecule has 0 bridgehead atoms. The molecule has 0 fully saturated rings. The Labute approximate surface area is 132 Å². The van der Waals surface area contributed by atoms with Gasteiger partial charge in [-0.25, -0.2) is 14.2 Å². The van der Waals surface area contributed by atoms with Gasteiger partial charge in [-0.15, -0.1) is 0 Å². The monoisotopic (exact) mass is 321 g/mol. The summed E-state index contributed by atoms with van der Waals surface area (Å²) in [6.45, 7) is 1.39. The van der Waals surface area contributed by atoms with Gasteiger partial charge < -0.3 is 10.1 Å². The van der Waals surface area contributed by atoms with Crippen LogP contribution >= 0.6 is 0 Å². The van der Waals surface area contributed by atoms with E-state index >= 15 is 0 Å². The van der Waals surface area contributed by atoms with Gasteiger partial charge in [-0.2, -0.15) is 5.10 Å². The molecule has 0 saturated heterocycles. The molecule has 8 heteroatoms. The molecular weight excluding hydrogens is 305 g/mol. The average Bonchev–Trinajstić information content (AvgIpc) is 2.49. The van der Waals surface area contributed by atoms with Crippen molar-refractivity contribution in [2.24, 2.45) is 5.10 Å². The number of ether oxygens (including phenoxy) is 1. The zero-order valence-corrected chi connectivity index (χ0v) is 12.7. The summed E-state index contributed by atoms with van der Waals surface area (Å²) in [6, 6.07) is 5.36. The largest absolute Gasteiger partial charge is 0.448 e. The minimum absolute atomic E-state index is 0.0810. The molecule has 0 saturated carbocycles. The second kappa shape index (κ2) is 6.99. The van der Waals surface area contributed by atoms with Gasteiger partial charge in [-0.05, 0) is 25.1 Å². The highest BCUT2D eigenvalue weighted by Gasteiger charge is 2.26. The van der Waals surface area contributed by atoms with E-state index in [9.17, 15) is 18.8 Å². The molecule has 1 aromatic carbocycles. The predicted octanol–water partition coefficient (Wildman–Crippen LogP) is 1.30. The maximum atomic E-state index is 13.1. The van der Waals surface area contributed by atoms with Crippen LogP contribution in [0.5, 0.6) is 0 Å². The van der Waals surface area contributed by atoms with Gasteiger partial charge >= 0.3 is 5.97 Å². The molecule has 7 nitrogen and oxygen atoms in total. The number of hydrogen-bond donors (Lipinski definition) is 1. The fourth-order valence-electron chi connectivity index (χ4n) is 1.91. The minimum atomic E-state index is -1.09. The third kappa shape index (κ3) is 4.35. The normalized spacial score (nSPS) is 15.7. The number of benzene rings is 1. The summed E-state index contributed by atoms with van der Waals surface area (Å²) >= 11 is 0. The van der Waals surface area contributed by atoms with Crippen LogP contribution in [0, 0.1) is 5.82 Å². The van der Waals surface area contributed by atoms with Crippen LogP contribution in [0.15, 0.2) is 29.4 Å². The molecule has 1 heterocycles. The van der Waals surface area contributed by atoms with Crippen LogP contribution in [-0.4, -0.2) is 41.7 Å². The number of amides is 2. The lowest BCUT2D eigenvalue weighted by atomic mass is 10.2. The smallest absolute Gasteiger partial charge is 0.355 e. The summed E-state index contributed by atoms with van der Waals surface area (Å²) in [6.07, 6.45) is -0.759. The first-order valence-corrected chi connectivity index (χ1v) is 6.98. The summed E-state index contributed by atoms with van der Waals surface area (Å²) in [5.41, 5.74) is 0.343. The number of esters is 1. The fourth-order valence-corrected chi connectivity index (χ4v) is 1.91. The van der Waals surface area contributed by atoms with Gasteiger partial charge in [0.25, 0.3) is 5.91 Å². The molecule has 0 spiro atoms. The molecule has 2 rings (SSSR count). The number of nitrogens with zero attached hydrogens (tertiary/aromatic N) is 2. The number of carbonyl (C=O) groups excluding carboxylic acids is 3. The molecular formula is C15H16FN3O4. The first kappa shape index (κ1) is 16.6. The van der Waals surface area contributed by atoms with Crippen molar-refractivity contribution >= 4 is 29.2 Å². The van der Waals surface area contributed by atoms with Gasteiger partial charge in [0.2, 0.25) is 5.91 Å². The molecule has 1 aliphatic heterocycles. The van der Waals surface area contributed by atoms with Gasteiger partial charge in [0.05, 0.1) is 0 Å². The Morgan fingerprint density at radius 3 is 2.78 bits per heavy atom. The standard InChI is InChI=1S/C15H16FN3O4/c1-9(14(21)17-11-5-3-4-10(16)8-11)23-15(22)12-6-7-13(20)19(2)18-12/h3-5,8-9H,6-7H2,1-2H3,(H,17,21). The van der Waals surface area contributed by atoms with E-state index in [0.29, 0.717) is 0 Å². The van der Waals surface area contributed by atoms with Gasteiger partial charge in [0.15, 0.2) is 6.10 Å². The van der Waals surface area contributed by atoms with Crippen molar-refractivity contribution in [2.45, 2.75) is 25.9 Å². The SMILES string of the molecule is CC(OC(=O)C1=NN(C)C(=O)CC1)C(=O)Nc1cccc(F)c1. The zero-order valence-electron chi connectivity index (χ0n) is 12.7. The second-order valence-electron chi connectivity index (χ2n) is 5.01. The lowest BCUT2D eigenvalue weighted by Crippen LogP contribution is -2.36. The molecule has 1 aliphatic rings. The summed E-state index contributed by atoms with van der Waals surface area (Å²) < 4.78 is 18.1. The summed E-state index contributed by atoms with van der Waals surface area (Å²) in [4.78, 5) is 35.2. The Balaban J connectivity index is 1.94. The number of hydrogen-bond acceptors (Lipinski definition) is 5. The van der Waals surface area contributed by atoms with E-state index in [-0.39, 0.29) is 30.1 Å². The maximum absolute atomic E-state index is 13.1. The third-order valence-electron chi connectivity index (χ3n) is 3.19. The number of halogens is 1. The maximum Gasteiger partial charge on any atom is 0.355 e. The topological polar surface area (TPSA) is 88.1 Å². The first-order valence-electron chi connectivity index (χ1n) is 6.98.